The van der Waals surface area contributed by atoms with Gasteiger partial charge in [-0.05, 0) is 37.2 Å². The molecule has 3 rings (SSSR count). The number of allylic oxidation sites excluding steroid dienone is 2. The van der Waals surface area contributed by atoms with E-state index >= 15 is 0 Å². The van der Waals surface area contributed by atoms with Gasteiger partial charge in [-0.3, -0.25) is 14.2 Å². The summed E-state index contributed by atoms with van der Waals surface area (Å²) in [6.45, 7) is 2.15. The zero-order chi connectivity index (χ0) is 15.6. The molecule has 1 atom stereocenters. The summed E-state index contributed by atoms with van der Waals surface area (Å²) in [6.07, 6.45) is 11.7. The number of nitrogens with zero attached hydrogens (tertiary/aromatic N) is 1. The fourth-order valence-corrected chi connectivity index (χ4v) is 3.45. The summed E-state index contributed by atoms with van der Waals surface area (Å²) in [5, 5.41) is 0.843. The largest absolute Gasteiger partial charge is 0.298 e. The third kappa shape index (κ3) is 2.52. The second kappa shape index (κ2) is 5.91. The average molecular weight is 295 g/mol. The van der Waals surface area contributed by atoms with Gasteiger partial charge in [-0.2, -0.15) is 0 Å². The molecule has 0 saturated carbocycles. The first-order valence-electron chi connectivity index (χ1n) is 7.95. The molecule has 0 radical (unpaired) electrons. The highest BCUT2D eigenvalue weighted by Crippen LogP contribution is 2.38. The molecule has 0 aliphatic heterocycles. The number of aldehydes is 1. The van der Waals surface area contributed by atoms with Crippen LogP contribution in [-0.4, -0.2) is 16.8 Å². The minimum atomic E-state index is -0.0257. The van der Waals surface area contributed by atoms with Gasteiger partial charge in [0.1, 0.15) is 0 Å². The minimum absolute atomic E-state index is 0.0257. The third-order valence-electron chi connectivity index (χ3n) is 4.86. The molecule has 1 aromatic carbocycles. The van der Waals surface area contributed by atoms with E-state index in [4.69, 9.17) is 0 Å². The van der Waals surface area contributed by atoms with Gasteiger partial charge in [0.05, 0.1) is 5.52 Å². The number of carbonyl (C=O) groups is 2. The zero-order valence-electron chi connectivity index (χ0n) is 12.9. The lowest BCUT2D eigenvalue weighted by Crippen LogP contribution is -2.26. The van der Waals surface area contributed by atoms with Crippen LogP contribution >= 0.6 is 0 Å². The summed E-state index contributed by atoms with van der Waals surface area (Å²) in [4.78, 5) is 24.1. The van der Waals surface area contributed by atoms with Crippen LogP contribution in [0, 0.1) is 5.41 Å². The Kier molecular flexibility index (Phi) is 3.97. The second-order valence-corrected chi connectivity index (χ2v) is 6.17. The van der Waals surface area contributed by atoms with Gasteiger partial charge < -0.3 is 0 Å². The number of hydrogen-bond acceptors (Lipinski definition) is 2. The van der Waals surface area contributed by atoms with Crippen LogP contribution in [0.25, 0.3) is 10.9 Å². The van der Waals surface area contributed by atoms with Crippen LogP contribution in [0.2, 0.25) is 0 Å². The molecule has 22 heavy (non-hydrogen) atoms. The summed E-state index contributed by atoms with van der Waals surface area (Å²) in [5.41, 5.74) is 1.37. The molecule has 2 aromatic rings. The number of fused-ring (bicyclic) bond motifs is 1. The highest BCUT2D eigenvalue weighted by Gasteiger charge is 2.30. The van der Waals surface area contributed by atoms with Crippen molar-refractivity contribution in [2.45, 2.75) is 39.0 Å². The maximum Gasteiger partial charge on any atom is 0.231 e. The van der Waals surface area contributed by atoms with Crippen molar-refractivity contribution in [3.05, 3.63) is 48.2 Å². The molecule has 1 unspecified atom stereocenters. The summed E-state index contributed by atoms with van der Waals surface area (Å²) in [6, 6.07) is 7.58. The summed E-state index contributed by atoms with van der Waals surface area (Å²) < 4.78 is 1.65. The minimum Gasteiger partial charge on any atom is -0.298 e. The highest BCUT2D eigenvalue weighted by atomic mass is 16.2. The van der Waals surface area contributed by atoms with Gasteiger partial charge in [-0.25, -0.2) is 0 Å². The van der Waals surface area contributed by atoms with E-state index in [1.54, 1.807) is 10.8 Å². The Morgan fingerprint density at radius 1 is 1.36 bits per heavy atom. The molecule has 1 aromatic heterocycles. The predicted octanol–water partition coefficient (Wildman–Crippen LogP) is 4.62. The molecule has 1 heterocycles. The highest BCUT2D eigenvalue weighted by molar-refractivity contribution is 6.02. The standard InChI is InChI=1S/C19H21NO2/c1-2-19(10-6-3-7-11-19)12-18(22)20-13-15(14-21)16-8-4-5-9-17(16)20/h4-6,8-10,13-14H,2-3,7,11-12H2,1H3. The number of aromatic nitrogens is 1. The summed E-state index contributed by atoms with van der Waals surface area (Å²) in [5.74, 6) is 0.0673. The molecule has 3 heteroatoms. The van der Waals surface area contributed by atoms with Crippen LogP contribution in [0.5, 0.6) is 0 Å². The molecule has 0 fully saturated rings. The van der Waals surface area contributed by atoms with Crippen LogP contribution in [0.1, 0.15) is 54.2 Å². The molecule has 0 spiro atoms. The number of carbonyl (C=O) groups excluding carboxylic acids is 2. The third-order valence-corrected chi connectivity index (χ3v) is 4.86. The molecule has 1 aliphatic rings. The molecule has 0 N–H and O–H groups in total. The Morgan fingerprint density at radius 3 is 2.86 bits per heavy atom. The zero-order valence-corrected chi connectivity index (χ0v) is 12.9. The van der Waals surface area contributed by atoms with Gasteiger partial charge in [-0.15, -0.1) is 0 Å². The second-order valence-electron chi connectivity index (χ2n) is 6.17. The summed E-state index contributed by atoms with van der Waals surface area (Å²) in [7, 11) is 0. The topological polar surface area (TPSA) is 39.1 Å². The van der Waals surface area contributed by atoms with E-state index in [9.17, 15) is 9.59 Å². The van der Waals surface area contributed by atoms with E-state index in [0.717, 1.165) is 42.9 Å². The first-order valence-corrected chi connectivity index (χ1v) is 7.95. The van der Waals surface area contributed by atoms with E-state index < -0.39 is 0 Å². The van der Waals surface area contributed by atoms with Gasteiger partial charge in [0.15, 0.2) is 6.29 Å². The van der Waals surface area contributed by atoms with Crippen molar-refractivity contribution in [3.8, 4) is 0 Å². The fourth-order valence-electron chi connectivity index (χ4n) is 3.45. The van der Waals surface area contributed by atoms with Crippen molar-refractivity contribution in [1.29, 1.82) is 0 Å². The van der Waals surface area contributed by atoms with Gasteiger partial charge in [0, 0.05) is 23.6 Å². The van der Waals surface area contributed by atoms with Crippen molar-refractivity contribution in [2.75, 3.05) is 0 Å². The molecule has 0 bridgehead atoms. The molecule has 0 saturated heterocycles. The first kappa shape index (κ1) is 14.8. The predicted molar refractivity (Wildman–Crippen MR) is 88.3 cm³/mol. The smallest absolute Gasteiger partial charge is 0.231 e. The first-order chi connectivity index (χ1) is 10.7. The Bertz CT molecular complexity index is 741. The fraction of sp³-hybridized carbons (Fsp3) is 0.368. The SMILES string of the molecule is CCC1(CC(=O)n2cc(C=O)c3ccccc32)C=CCCC1. The summed E-state index contributed by atoms with van der Waals surface area (Å²) >= 11 is 0. The van der Waals surface area contributed by atoms with Crippen molar-refractivity contribution in [3.63, 3.8) is 0 Å². The molecule has 3 nitrogen and oxygen atoms in total. The Hall–Kier alpha value is -2.16. The molecule has 0 amide bonds. The lowest BCUT2D eigenvalue weighted by atomic mass is 9.74. The van der Waals surface area contributed by atoms with Crippen molar-refractivity contribution in [1.82, 2.24) is 4.57 Å². The van der Waals surface area contributed by atoms with E-state index in [1.165, 1.54) is 0 Å². The number of para-hydroxylation sites is 1. The monoisotopic (exact) mass is 295 g/mol. The van der Waals surface area contributed by atoms with Gasteiger partial charge >= 0.3 is 0 Å². The Labute approximate surface area is 130 Å². The van der Waals surface area contributed by atoms with E-state index in [0.29, 0.717) is 12.0 Å². The maximum atomic E-state index is 12.8. The van der Waals surface area contributed by atoms with Crippen molar-refractivity contribution in [2.24, 2.45) is 5.41 Å². The number of hydrogen-bond donors (Lipinski definition) is 0. The van der Waals surface area contributed by atoms with Crippen LogP contribution in [-0.2, 0) is 0 Å². The average Bonchev–Trinajstić information content (AvgIpc) is 2.95. The Morgan fingerprint density at radius 2 is 2.18 bits per heavy atom. The quantitative estimate of drug-likeness (QED) is 0.610. The lowest BCUT2D eigenvalue weighted by Gasteiger charge is -2.31. The molecule has 114 valence electrons. The lowest BCUT2D eigenvalue weighted by molar-refractivity contribution is 0.0846. The van der Waals surface area contributed by atoms with Crippen LogP contribution < -0.4 is 0 Å². The van der Waals surface area contributed by atoms with Gasteiger partial charge in [0.2, 0.25) is 5.91 Å². The van der Waals surface area contributed by atoms with Crippen molar-refractivity contribution >= 4 is 23.1 Å². The number of rotatable bonds is 4. The van der Waals surface area contributed by atoms with E-state index in [-0.39, 0.29) is 11.3 Å². The molecular weight excluding hydrogens is 274 g/mol. The van der Waals surface area contributed by atoms with E-state index in [2.05, 4.69) is 19.1 Å². The van der Waals surface area contributed by atoms with Crippen molar-refractivity contribution < 1.29 is 9.59 Å². The van der Waals surface area contributed by atoms with Crippen LogP contribution in [0.4, 0.5) is 0 Å². The van der Waals surface area contributed by atoms with Gasteiger partial charge in [-0.1, -0.05) is 37.3 Å². The van der Waals surface area contributed by atoms with Crippen LogP contribution in [0.3, 0.4) is 0 Å². The molecule has 1 aliphatic carbocycles. The van der Waals surface area contributed by atoms with Gasteiger partial charge in [0.25, 0.3) is 0 Å². The normalized spacial score (nSPS) is 21.1. The number of benzene rings is 1. The van der Waals surface area contributed by atoms with E-state index in [1.807, 2.05) is 24.3 Å². The molecular formula is C19H21NO2. The maximum absolute atomic E-state index is 12.8. The Balaban J connectivity index is 1.97. The van der Waals surface area contributed by atoms with Crippen LogP contribution in [0.15, 0.2) is 42.6 Å².